The molecule has 1 aliphatic heterocycles. The van der Waals surface area contributed by atoms with Gasteiger partial charge in [-0.25, -0.2) is 0 Å². The Morgan fingerprint density at radius 2 is 2.14 bits per heavy atom. The van der Waals surface area contributed by atoms with Crippen LogP contribution in [0.2, 0.25) is 0 Å². The normalized spacial score (nSPS) is 18.2. The van der Waals surface area contributed by atoms with E-state index in [9.17, 15) is 4.79 Å². The number of hydrogen-bond acceptors (Lipinski definition) is 4. The molecule has 1 heterocycles. The molecule has 5 nitrogen and oxygen atoms in total. The molecule has 1 aromatic rings. The van der Waals surface area contributed by atoms with Gasteiger partial charge in [0.25, 0.3) is 0 Å². The van der Waals surface area contributed by atoms with Crippen LogP contribution in [0.4, 0.5) is 5.69 Å². The summed E-state index contributed by atoms with van der Waals surface area (Å²) < 4.78 is 11.1. The molecule has 2 rings (SSSR count). The lowest BCUT2D eigenvalue weighted by molar-refractivity contribution is -0.121. The van der Waals surface area contributed by atoms with Gasteiger partial charge in [-0.2, -0.15) is 0 Å². The quantitative estimate of drug-likeness (QED) is 0.755. The van der Waals surface area contributed by atoms with Crippen LogP contribution >= 0.6 is 0 Å². The summed E-state index contributed by atoms with van der Waals surface area (Å²) in [6, 6.07) is 7.15. The highest BCUT2D eigenvalue weighted by Crippen LogP contribution is 2.15. The van der Waals surface area contributed by atoms with Crippen LogP contribution in [0.1, 0.15) is 32.1 Å². The van der Waals surface area contributed by atoms with Crippen LogP contribution < -0.4 is 15.8 Å². The van der Waals surface area contributed by atoms with Crippen LogP contribution in [0.15, 0.2) is 24.3 Å². The van der Waals surface area contributed by atoms with E-state index >= 15 is 0 Å². The lowest BCUT2D eigenvalue weighted by atomic mass is 10.1. The zero-order chi connectivity index (χ0) is 14.9. The van der Waals surface area contributed by atoms with Gasteiger partial charge in [0, 0.05) is 18.8 Å². The van der Waals surface area contributed by atoms with Crippen molar-refractivity contribution in [2.75, 3.05) is 25.5 Å². The zero-order valence-corrected chi connectivity index (χ0v) is 12.3. The molecule has 1 fully saturated rings. The summed E-state index contributed by atoms with van der Waals surface area (Å²) in [5.74, 6) is 0.744. The van der Waals surface area contributed by atoms with Crippen molar-refractivity contribution in [1.29, 1.82) is 0 Å². The molecule has 0 radical (unpaired) electrons. The highest BCUT2D eigenvalue weighted by atomic mass is 16.5. The topological polar surface area (TPSA) is 73.6 Å². The molecule has 1 aliphatic rings. The van der Waals surface area contributed by atoms with Crippen LogP contribution in [-0.4, -0.2) is 31.8 Å². The smallest absolute Gasteiger partial charge is 0.223 e. The Labute approximate surface area is 125 Å². The third-order valence-corrected chi connectivity index (χ3v) is 3.54. The van der Waals surface area contributed by atoms with E-state index in [0.29, 0.717) is 31.4 Å². The van der Waals surface area contributed by atoms with Crippen molar-refractivity contribution >= 4 is 11.6 Å². The maximum Gasteiger partial charge on any atom is 0.223 e. The number of hydrogen-bond donors (Lipinski definition) is 2. The van der Waals surface area contributed by atoms with Crippen LogP contribution in [0, 0.1) is 0 Å². The standard InChI is InChI=1S/C16H24N2O3/c17-13-4-6-15(7-5-13)21-12-9-16(19)18-10-8-14-3-1-2-11-20-14/h4-7,14H,1-3,8-12,17H2,(H,18,19). The van der Waals surface area contributed by atoms with Crippen molar-refractivity contribution in [1.82, 2.24) is 5.32 Å². The molecule has 0 spiro atoms. The van der Waals surface area contributed by atoms with Crippen molar-refractivity contribution in [3.05, 3.63) is 24.3 Å². The first kappa shape index (κ1) is 15.6. The number of ether oxygens (including phenoxy) is 2. The molecule has 0 aliphatic carbocycles. The second kappa shape index (κ2) is 8.52. The first-order chi connectivity index (χ1) is 10.2. The molecular weight excluding hydrogens is 268 g/mol. The van der Waals surface area contributed by atoms with Crippen LogP contribution in [0.25, 0.3) is 0 Å². The Morgan fingerprint density at radius 1 is 1.33 bits per heavy atom. The van der Waals surface area contributed by atoms with Crippen molar-refractivity contribution in [3.8, 4) is 5.75 Å². The Morgan fingerprint density at radius 3 is 2.86 bits per heavy atom. The number of nitrogens with two attached hydrogens (primary N) is 1. The number of nitrogen functional groups attached to an aromatic ring is 1. The average molecular weight is 292 g/mol. The molecule has 5 heteroatoms. The minimum atomic E-state index is 0.0151. The first-order valence-corrected chi connectivity index (χ1v) is 7.60. The van der Waals surface area contributed by atoms with E-state index in [-0.39, 0.29) is 5.91 Å². The summed E-state index contributed by atoms with van der Waals surface area (Å²) >= 11 is 0. The molecule has 0 bridgehead atoms. The number of amides is 1. The van der Waals surface area contributed by atoms with E-state index in [4.69, 9.17) is 15.2 Å². The molecule has 1 saturated heterocycles. The Bertz CT molecular complexity index is 428. The second-order valence-corrected chi connectivity index (χ2v) is 5.29. The van der Waals surface area contributed by atoms with Crippen molar-refractivity contribution in [2.24, 2.45) is 0 Å². The van der Waals surface area contributed by atoms with Gasteiger partial charge in [0.1, 0.15) is 5.75 Å². The molecule has 1 atom stereocenters. The van der Waals surface area contributed by atoms with Crippen LogP contribution in [0.5, 0.6) is 5.75 Å². The van der Waals surface area contributed by atoms with Gasteiger partial charge in [-0.3, -0.25) is 4.79 Å². The molecule has 21 heavy (non-hydrogen) atoms. The molecule has 1 aromatic carbocycles. The highest BCUT2D eigenvalue weighted by molar-refractivity contribution is 5.75. The Balaban J connectivity index is 1.54. The third-order valence-electron chi connectivity index (χ3n) is 3.54. The van der Waals surface area contributed by atoms with Crippen molar-refractivity contribution < 1.29 is 14.3 Å². The number of benzene rings is 1. The van der Waals surface area contributed by atoms with Crippen molar-refractivity contribution in [2.45, 2.75) is 38.2 Å². The molecule has 116 valence electrons. The summed E-state index contributed by atoms with van der Waals surface area (Å²) in [6.07, 6.45) is 5.06. The van der Waals surface area contributed by atoms with E-state index in [1.54, 1.807) is 24.3 Å². The van der Waals surface area contributed by atoms with Gasteiger partial charge in [-0.05, 0) is 49.9 Å². The molecule has 3 N–H and O–H groups in total. The van der Waals surface area contributed by atoms with Gasteiger partial charge in [0.15, 0.2) is 0 Å². The SMILES string of the molecule is Nc1ccc(OCCC(=O)NCCC2CCCCO2)cc1. The molecule has 0 aromatic heterocycles. The van der Waals surface area contributed by atoms with Gasteiger partial charge in [-0.1, -0.05) is 0 Å². The maximum absolute atomic E-state index is 11.7. The van der Waals surface area contributed by atoms with E-state index in [1.807, 2.05) is 0 Å². The van der Waals surface area contributed by atoms with Crippen LogP contribution in [0.3, 0.4) is 0 Å². The van der Waals surface area contributed by atoms with Gasteiger partial charge < -0.3 is 20.5 Å². The average Bonchev–Trinajstić information content (AvgIpc) is 2.50. The zero-order valence-electron chi connectivity index (χ0n) is 12.3. The third kappa shape index (κ3) is 6.04. The molecule has 1 amide bonds. The largest absolute Gasteiger partial charge is 0.493 e. The van der Waals surface area contributed by atoms with E-state index in [1.165, 1.54) is 6.42 Å². The summed E-state index contributed by atoms with van der Waals surface area (Å²) in [5, 5.41) is 2.91. The lowest BCUT2D eigenvalue weighted by Crippen LogP contribution is -2.30. The molecular formula is C16H24N2O3. The second-order valence-electron chi connectivity index (χ2n) is 5.29. The number of carbonyl (C=O) groups is 1. The predicted octanol–water partition coefficient (Wildman–Crippen LogP) is 2.11. The fourth-order valence-corrected chi connectivity index (χ4v) is 2.32. The molecule has 0 saturated carbocycles. The van der Waals surface area contributed by atoms with Gasteiger partial charge in [0.2, 0.25) is 5.91 Å². The highest BCUT2D eigenvalue weighted by Gasteiger charge is 2.13. The van der Waals surface area contributed by atoms with Gasteiger partial charge in [0.05, 0.1) is 19.1 Å². The minimum absolute atomic E-state index is 0.0151. The minimum Gasteiger partial charge on any atom is -0.493 e. The molecule has 1 unspecified atom stereocenters. The number of rotatable bonds is 7. The Kier molecular flexibility index (Phi) is 6.34. The number of nitrogens with one attached hydrogen (secondary N) is 1. The monoisotopic (exact) mass is 292 g/mol. The van der Waals surface area contributed by atoms with E-state index < -0.39 is 0 Å². The maximum atomic E-state index is 11.7. The summed E-state index contributed by atoms with van der Waals surface area (Å²) in [7, 11) is 0. The summed E-state index contributed by atoms with van der Waals surface area (Å²) in [4.78, 5) is 11.7. The Hall–Kier alpha value is -1.75. The van der Waals surface area contributed by atoms with Crippen LogP contribution in [-0.2, 0) is 9.53 Å². The lowest BCUT2D eigenvalue weighted by Gasteiger charge is -2.22. The fraction of sp³-hybridized carbons (Fsp3) is 0.562. The van der Waals surface area contributed by atoms with E-state index in [0.717, 1.165) is 31.6 Å². The summed E-state index contributed by atoms with van der Waals surface area (Å²) in [6.45, 7) is 1.90. The van der Waals surface area contributed by atoms with E-state index in [2.05, 4.69) is 5.32 Å². The van der Waals surface area contributed by atoms with Gasteiger partial charge in [-0.15, -0.1) is 0 Å². The fourth-order valence-electron chi connectivity index (χ4n) is 2.32. The predicted molar refractivity (Wildman–Crippen MR) is 82.2 cm³/mol. The first-order valence-electron chi connectivity index (χ1n) is 7.60. The number of anilines is 1. The van der Waals surface area contributed by atoms with Gasteiger partial charge >= 0.3 is 0 Å². The summed E-state index contributed by atoms with van der Waals surface area (Å²) in [5.41, 5.74) is 6.29. The number of carbonyl (C=O) groups excluding carboxylic acids is 1. The van der Waals surface area contributed by atoms with Crippen molar-refractivity contribution in [3.63, 3.8) is 0 Å².